The van der Waals surface area contributed by atoms with Crippen LogP contribution in [-0.2, 0) is 0 Å². The second kappa shape index (κ2) is 7.08. The van der Waals surface area contributed by atoms with Crippen molar-refractivity contribution in [1.82, 2.24) is 25.1 Å². The van der Waals surface area contributed by atoms with Gasteiger partial charge in [0.15, 0.2) is 5.69 Å². The van der Waals surface area contributed by atoms with E-state index in [2.05, 4.69) is 20.5 Å². The Balaban J connectivity index is 1.66. The van der Waals surface area contributed by atoms with Crippen LogP contribution in [-0.4, -0.2) is 39.4 Å². The minimum absolute atomic E-state index is 0.319. The molecule has 0 saturated heterocycles. The number of methoxy groups -OCH3 is 2. The van der Waals surface area contributed by atoms with Crippen LogP contribution in [0.3, 0.4) is 0 Å². The van der Waals surface area contributed by atoms with Gasteiger partial charge in [0.25, 0.3) is 5.89 Å². The van der Waals surface area contributed by atoms with Crippen LogP contribution in [0.25, 0.3) is 28.7 Å². The Kier molecular flexibility index (Phi) is 4.47. The molecule has 0 aliphatic heterocycles. The smallest absolute Gasteiger partial charge is 0.258 e. The van der Waals surface area contributed by atoms with E-state index in [9.17, 15) is 0 Å². The Bertz CT molecular complexity index is 1070. The minimum Gasteiger partial charge on any atom is -0.497 e. The Hall–Kier alpha value is -3.39. The van der Waals surface area contributed by atoms with Crippen molar-refractivity contribution in [3.63, 3.8) is 0 Å². The fourth-order valence-corrected chi connectivity index (χ4v) is 2.67. The largest absolute Gasteiger partial charge is 0.497 e. The van der Waals surface area contributed by atoms with Crippen LogP contribution in [0.2, 0.25) is 5.02 Å². The van der Waals surface area contributed by atoms with Crippen LogP contribution in [0.4, 0.5) is 0 Å². The maximum absolute atomic E-state index is 6.02. The monoisotopic (exact) mass is 383 g/mol. The van der Waals surface area contributed by atoms with Gasteiger partial charge in [-0.05, 0) is 30.3 Å². The minimum atomic E-state index is 0.319. The summed E-state index contributed by atoms with van der Waals surface area (Å²) in [6.07, 6.45) is 1.70. The van der Waals surface area contributed by atoms with Crippen molar-refractivity contribution >= 4 is 11.6 Å². The molecule has 0 atom stereocenters. The van der Waals surface area contributed by atoms with Crippen molar-refractivity contribution in [3.05, 3.63) is 53.7 Å². The molecule has 136 valence electrons. The van der Waals surface area contributed by atoms with Crippen molar-refractivity contribution < 1.29 is 14.0 Å². The summed E-state index contributed by atoms with van der Waals surface area (Å²) in [6.45, 7) is 0. The summed E-state index contributed by atoms with van der Waals surface area (Å²) >= 11 is 6.02. The highest BCUT2D eigenvalue weighted by Crippen LogP contribution is 2.29. The average molecular weight is 384 g/mol. The number of hydrogen-bond acceptors (Lipinski definition) is 7. The second-order valence-corrected chi connectivity index (χ2v) is 5.99. The van der Waals surface area contributed by atoms with Gasteiger partial charge < -0.3 is 14.0 Å². The van der Waals surface area contributed by atoms with Gasteiger partial charge in [0, 0.05) is 16.7 Å². The third kappa shape index (κ3) is 3.47. The van der Waals surface area contributed by atoms with Gasteiger partial charge >= 0.3 is 0 Å². The summed E-state index contributed by atoms with van der Waals surface area (Å²) in [7, 11) is 3.15. The summed E-state index contributed by atoms with van der Waals surface area (Å²) in [5.41, 5.74) is 1.93. The fraction of sp³-hybridized carbons (Fsp3) is 0.111. The molecule has 0 aliphatic rings. The van der Waals surface area contributed by atoms with E-state index in [0.29, 0.717) is 39.5 Å². The van der Waals surface area contributed by atoms with Crippen molar-refractivity contribution in [3.8, 4) is 40.2 Å². The molecule has 0 saturated carbocycles. The normalized spacial score (nSPS) is 10.8. The summed E-state index contributed by atoms with van der Waals surface area (Å²) in [4.78, 5) is 4.40. The third-order valence-corrected chi connectivity index (χ3v) is 4.05. The van der Waals surface area contributed by atoms with Gasteiger partial charge in [0.2, 0.25) is 5.82 Å². The molecule has 0 aliphatic carbocycles. The molecule has 2 heterocycles. The zero-order valence-electron chi connectivity index (χ0n) is 14.5. The molecule has 2 aromatic carbocycles. The van der Waals surface area contributed by atoms with E-state index < -0.39 is 0 Å². The molecule has 0 bridgehead atoms. The Morgan fingerprint density at radius 3 is 2.52 bits per heavy atom. The highest BCUT2D eigenvalue weighted by Gasteiger charge is 2.16. The van der Waals surface area contributed by atoms with Gasteiger partial charge in [0.05, 0.1) is 26.1 Å². The van der Waals surface area contributed by atoms with E-state index in [0.717, 1.165) is 5.69 Å². The van der Waals surface area contributed by atoms with E-state index >= 15 is 0 Å². The fourth-order valence-electron chi connectivity index (χ4n) is 2.49. The molecule has 2 aromatic heterocycles. The van der Waals surface area contributed by atoms with Crippen LogP contribution in [0, 0.1) is 0 Å². The van der Waals surface area contributed by atoms with Crippen molar-refractivity contribution in [2.75, 3.05) is 14.2 Å². The highest BCUT2D eigenvalue weighted by atomic mass is 35.5. The van der Waals surface area contributed by atoms with E-state index in [-0.39, 0.29) is 0 Å². The molecular weight excluding hydrogens is 370 g/mol. The quantitative estimate of drug-likeness (QED) is 0.519. The summed E-state index contributed by atoms with van der Waals surface area (Å²) in [6, 6.07) is 12.6. The van der Waals surface area contributed by atoms with Crippen molar-refractivity contribution in [2.45, 2.75) is 0 Å². The highest BCUT2D eigenvalue weighted by molar-refractivity contribution is 6.30. The van der Waals surface area contributed by atoms with Gasteiger partial charge in [-0.2, -0.15) is 4.98 Å². The average Bonchev–Trinajstić information content (AvgIpc) is 3.37. The van der Waals surface area contributed by atoms with Gasteiger partial charge in [0.1, 0.15) is 11.5 Å². The van der Waals surface area contributed by atoms with Crippen LogP contribution in [0.15, 0.2) is 53.2 Å². The van der Waals surface area contributed by atoms with Crippen molar-refractivity contribution in [2.24, 2.45) is 0 Å². The third-order valence-electron chi connectivity index (χ3n) is 3.82. The number of benzene rings is 2. The molecule has 0 unspecified atom stereocenters. The summed E-state index contributed by atoms with van der Waals surface area (Å²) < 4.78 is 17.5. The van der Waals surface area contributed by atoms with Gasteiger partial charge in [-0.15, -0.1) is 5.10 Å². The predicted octanol–water partition coefficient (Wildman–Crippen LogP) is 3.65. The standard InChI is InChI=1S/C18H14ClN5O3/c1-25-14-6-11(7-15(9-14)26-2)18-20-17(22-27-18)16-10-24(23-21-16)13-5-3-4-12(19)8-13/h3-10H,1-2H3. The molecule has 27 heavy (non-hydrogen) atoms. The van der Waals surface area contributed by atoms with Crippen molar-refractivity contribution in [1.29, 1.82) is 0 Å². The lowest BCUT2D eigenvalue weighted by atomic mass is 10.2. The number of hydrogen-bond donors (Lipinski definition) is 0. The van der Waals surface area contributed by atoms with Gasteiger partial charge in [-0.3, -0.25) is 0 Å². The molecule has 0 radical (unpaired) electrons. The van der Waals surface area contributed by atoms with Crippen LogP contribution >= 0.6 is 11.6 Å². The molecule has 4 aromatic rings. The van der Waals surface area contributed by atoms with Gasteiger partial charge in [-0.25, -0.2) is 4.68 Å². The number of nitrogens with zero attached hydrogens (tertiary/aromatic N) is 5. The summed E-state index contributed by atoms with van der Waals surface area (Å²) in [5, 5.41) is 12.8. The summed E-state index contributed by atoms with van der Waals surface area (Å²) in [5.74, 6) is 1.88. The van der Waals surface area contributed by atoms with Crippen LogP contribution < -0.4 is 9.47 Å². The molecule has 8 nitrogen and oxygen atoms in total. The molecule has 0 amide bonds. The molecule has 0 spiro atoms. The lowest BCUT2D eigenvalue weighted by molar-refractivity contribution is 0.393. The first-order valence-electron chi connectivity index (χ1n) is 7.92. The van der Waals surface area contributed by atoms with E-state index in [1.165, 1.54) is 0 Å². The Morgan fingerprint density at radius 2 is 1.81 bits per heavy atom. The first-order valence-corrected chi connectivity index (χ1v) is 8.30. The maximum atomic E-state index is 6.02. The Morgan fingerprint density at radius 1 is 1.04 bits per heavy atom. The Labute approximate surface area is 159 Å². The van der Waals surface area contributed by atoms with E-state index in [1.54, 1.807) is 55.4 Å². The van der Waals surface area contributed by atoms with Gasteiger partial charge in [-0.1, -0.05) is 28.0 Å². The molecular formula is C18H14ClN5O3. The molecule has 4 rings (SSSR count). The SMILES string of the molecule is COc1cc(OC)cc(-c2nc(-c3cn(-c4cccc(Cl)c4)nn3)no2)c1. The first kappa shape index (κ1) is 17.0. The zero-order chi connectivity index (χ0) is 18.8. The van der Waals surface area contributed by atoms with E-state index in [4.69, 9.17) is 25.6 Å². The second-order valence-electron chi connectivity index (χ2n) is 5.55. The topological polar surface area (TPSA) is 88.1 Å². The lowest BCUT2D eigenvalue weighted by Crippen LogP contribution is -1.93. The number of ether oxygens (including phenoxy) is 2. The molecule has 9 heteroatoms. The first-order chi connectivity index (χ1) is 13.2. The zero-order valence-corrected chi connectivity index (χ0v) is 15.2. The van der Waals surface area contributed by atoms with Crippen LogP contribution in [0.5, 0.6) is 11.5 Å². The maximum Gasteiger partial charge on any atom is 0.258 e. The number of rotatable bonds is 5. The molecule has 0 fully saturated rings. The molecule has 0 N–H and O–H groups in total. The lowest BCUT2D eigenvalue weighted by Gasteiger charge is -2.05. The number of halogens is 1. The van der Waals surface area contributed by atoms with Crippen LogP contribution in [0.1, 0.15) is 0 Å². The van der Waals surface area contributed by atoms with E-state index in [1.807, 2.05) is 12.1 Å². The number of aromatic nitrogens is 5. The predicted molar refractivity (Wildman–Crippen MR) is 98.2 cm³/mol.